The zero-order valence-electron chi connectivity index (χ0n) is 42.2. The van der Waals surface area contributed by atoms with Crippen LogP contribution >= 0.6 is 0 Å². The molecule has 3 aliphatic rings. The fourth-order valence-corrected chi connectivity index (χ4v) is 8.48. The quantitative estimate of drug-likeness (QED) is 0.174. The largest absolute Gasteiger partial charge is 0.445 e. The lowest BCUT2D eigenvalue weighted by molar-refractivity contribution is -0.403. The van der Waals surface area contributed by atoms with Gasteiger partial charge in [0.2, 0.25) is 53.2 Å². The summed E-state index contributed by atoms with van der Waals surface area (Å²) < 4.78 is 5.40. The van der Waals surface area contributed by atoms with Gasteiger partial charge in [-0.1, -0.05) is 44.2 Å². The minimum Gasteiger partial charge on any atom is -0.445 e. The second-order valence-corrected chi connectivity index (χ2v) is 19.1. The number of likely N-dealkylation sites (N-methyl/N-ethyl adjacent to an activating group) is 4. The van der Waals surface area contributed by atoms with Gasteiger partial charge < -0.3 is 66.5 Å². The Morgan fingerprint density at radius 3 is 1.75 bits per heavy atom. The summed E-state index contributed by atoms with van der Waals surface area (Å²) in [7, 11) is 5.46. The van der Waals surface area contributed by atoms with Crippen LogP contribution in [0.4, 0.5) is 4.79 Å². The molecule has 1 aromatic carbocycles. The molecule has 71 heavy (non-hydrogen) atoms. The van der Waals surface area contributed by atoms with Crippen molar-refractivity contribution in [3.63, 3.8) is 0 Å². The minimum atomic E-state index is -1.59. The van der Waals surface area contributed by atoms with E-state index < -0.39 is 140 Å². The van der Waals surface area contributed by atoms with Gasteiger partial charge in [0.05, 0.1) is 32.7 Å². The van der Waals surface area contributed by atoms with Gasteiger partial charge in [-0.25, -0.2) is 4.79 Å². The Morgan fingerprint density at radius 1 is 0.690 bits per heavy atom. The standard InChI is InChI=1S/C47H72N12O12/c1-29(2)39-42(66)49-22-31(48)43(67)58-20-14-12-18-33(58)40(64)50-25-36(61)55(6)27-38(63)57(8)47(3,4)45(69)52-23-32(53-46(70)71-28-30-16-10-9-11-17-30)44(68)59-21-15-13-19-34(59)41(65)51-24-35(60)54(5)26-37(62)56(39)7/h9-11,16-17,29,31-34,39H,12-15,18-28,48H2,1-8H3,(H,49,66)(H,50,64)(H,51,65)(H,52,69)(H,53,70)/p+1/t31-,32-,33+,34+,39+/m1/s1. The van der Waals surface area contributed by atoms with Crippen molar-refractivity contribution < 1.29 is 63.2 Å². The van der Waals surface area contributed by atoms with E-state index >= 15 is 0 Å². The summed E-state index contributed by atoms with van der Waals surface area (Å²) in [5, 5.41) is 13.0. The third kappa shape index (κ3) is 15.3. The predicted molar refractivity (Wildman–Crippen MR) is 254 cm³/mol. The Labute approximate surface area is 414 Å². The van der Waals surface area contributed by atoms with Gasteiger partial charge in [-0.3, -0.25) is 47.9 Å². The van der Waals surface area contributed by atoms with E-state index in [-0.39, 0.29) is 32.7 Å². The third-order valence-corrected chi connectivity index (χ3v) is 13.2. The second kappa shape index (κ2) is 25.8. The monoisotopic (exact) mass is 998 g/mol. The zero-order chi connectivity index (χ0) is 52.7. The van der Waals surface area contributed by atoms with Crippen LogP contribution in [-0.2, 0) is 59.3 Å². The van der Waals surface area contributed by atoms with Crippen molar-refractivity contribution >= 4 is 65.2 Å². The van der Waals surface area contributed by atoms with Crippen LogP contribution in [0.1, 0.15) is 71.8 Å². The van der Waals surface area contributed by atoms with E-state index in [1.165, 1.54) is 56.7 Å². The van der Waals surface area contributed by atoms with Crippen molar-refractivity contribution in [3.8, 4) is 0 Å². The van der Waals surface area contributed by atoms with E-state index in [9.17, 15) is 52.7 Å². The van der Waals surface area contributed by atoms with E-state index in [2.05, 4.69) is 32.3 Å². The Bertz CT molecular complexity index is 2140. The summed E-state index contributed by atoms with van der Waals surface area (Å²) >= 11 is 0. The Hall–Kier alpha value is -6.85. The van der Waals surface area contributed by atoms with E-state index in [1.807, 2.05) is 0 Å². The maximum absolute atomic E-state index is 14.4. The number of rotatable bonds is 4. The normalized spacial score (nSPS) is 25.2. The van der Waals surface area contributed by atoms with Gasteiger partial charge >= 0.3 is 6.09 Å². The van der Waals surface area contributed by atoms with Crippen molar-refractivity contribution in [3.05, 3.63) is 35.9 Å². The summed E-state index contributed by atoms with van der Waals surface area (Å²) in [6, 6.07) is 3.19. The van der Waals surface area contributed by atoms with Gasteiger partial charge in [-0.05, 0) is 63.9 Å². The highest BCUT2D eigenvalue weighted by atomic mass is 16.5. The molecule has 392 valence electrons. The maximum Gasteiger partial charge on any atom is 0.408 e. The lowest BCUT2D eigenvalue weighted by Crippen LogP contribution is -2.73. The third-order valence-electron chi connectivity index (χ3n) is 13.2. The molecular formula is C47H73N12O12+. The van der Waals surface area contributed by atoms with Gasteiger partial charge in [0.15, 0.2) is 6.04 Å². The number of nitrogens with zero attached hydrogens (tertiary/aromatic N) is 6. The molecule has 0 aromatic heterocycles. The molecule has 3 aliphatic heterocycles. The van der Waals surface area contributed by atoms with Gasteiger partial charge in [0.1, 0.15) is 36.3 Å². The lowest BCUT2D eigenvalue weighted by Gasteiger charge is -2.38. The molecule has 3 fully saturated rings. The van der Waals surface area contributed by atoms with Crippen LogP contribution in [-0.4, -0.2) is 211 Å². The van der Waals surface area contributed by atoms with Crippen LogP contribution in [0, 0.1) is 5.92 Å². The number of benzene rings is 1. The molecule has 11 amide bonds. The summed E-state index contributed by atoms with van der Waals surface area (Å²) in [5.74, 6) is -6.80. The smallest absolute Gasteiger partial charge is 0.408 e. The van der Waals surface area contributed by atoms with Gasteiger partial charge in [-0.2, -0.15) is 0 Å². The number of alkyl carbamates (subject to hydrolysis) is 1. The van der Waals surface area contributed by atoms with Crippen molar-refractivity contribution in [1.82, 2.24) is 56.0 Å². The minimum absolute atomic E-state index is 0.0881. The number of carbonyl (C=O) groups excluding carboxylic acids is 11. The molecule has 0 radical (unpaired) electrons. The van der Waals surface area contributed by atoms with Crippen LogP contribution in [0.2, 0.25) is 0 Å². The number of ether oxygens (including phenoxy) is 1. The molecule has 0 spiro atoms. The molecule has 4 rings (SSSR count). The first kappa shape index (κ1) is 56.7. The molecule has 0 saturated carbocycles. The van der Waals surface area contributed by atoms with Crippen molar-refractivity contribution in [2.45, 2.75) is 109 Å². The summed E-state index contributed by atoms with van der Waals surface area (Å²) in [6.07, 6.45) is 1.77. The Morgan fingerprint density at radius 2 is 1.21 bits per heavy atom. The number of amides is 11. The molecule has 0 aliphatic carbocycles. The molecule has 3 saturated heterocycles. The number of quaternary nitrogens is 1. The highest BCUT2D eigenvalue weighted by Crippen LogP contribution is 2.21. The van der Waals surface area contributed by atoms with Crippen LogP contribution in [0.3, 0.4) is 0 Å². The number of carbonyl (C=O) groups is 11. The SMILES string of the molecule is CC(C)[C@H]1C(=O)NC[C@@H]([NH3+])C(=O)N2CCCC[C@H]2C(=O)NCC(=O)N(C)CC(=O)N(C)C(C)(C)C(=O)NC[C@@H](NC(=O)OCc2ccccc2)C(=O)N2CCCC[C@H]2C(=O)NCC(=O)N(C)CC(=O)N1C. The van der Waals surface area contributed by atoms with E-state index in [4.69, 9.17) is 4.74 Å². The lowest BCUT2D eigenvalue weighted by atomic mass is 9.99. The van der Waals surface area contributed by atoms with Crippen LogP contribution < -0.4 is 32.3 Å². The fourth-order valence-electron chi connectivity index (χ4n) is 8.48. The number of hydrogen-bond acceptors (Lipinski definition) is 12. The van der Waals surface area contributed by atoms with Gasteiger partial charge in [0.25, 0.3) is 5.91 Å². The summed E-state index contributed by atoms with van der Waals surface area (Å²) in [5.41, 5.74) is 3.01. The molecule has 1 aromatic rings. The first-order valence-electron chi connectivity index (χ1n) is 24.0. The highest BCUT2D eigenvalue weighted by molar-refractivity contribution is 5.97. The topological polar surface area (TPSA) is 304 Å². The van der Waals surface area contributed by atoms with Gasteiger partial charge in [0, 0.05) is 47.8 Å². The zero-order valence-corrected chi connectivity index (χ0v) is 42.2. The molecule has 0 bridgehead atoms. The average molecular weight is 998 g/mol. The molecule has 5 atom stereocenters. The van der Waals surface area contributed by atoms with Gasteiger partial charge in [-0.15, -0.1) is 0 Å². The first-order valence-corrected chi connectivity index (χ1v) is 24.0. The molecule has 3 heterocycles. The second-order valence-electron chi connectivity index (χ2n) is 19.1. The number of piperidine rings is 2. The van der Waals surface area contributed by atoms with Crippen molar-refractivity contribution in [2.75, 3.05) is 80.5 Å². The molecule has 8 N–H and O–H groups in total. The Kier molecular flexibility index (Phi) is 20.7. The number of hydrogen-bond donors (Lipinski definition) is 6. The predicted octanol–water partition coefficient (Wildman–Crippen LogP) is -3.23. The van der Waals surface area contributed by atoms with Crippen LogP contribution in [0.15, 0.2) is 30.3 Å². The van der Waals surface area contributed by atoms with E-state index in [0.29, 0.717) is 37.7 Å². The van der Waals surface area contributed by atoms with E-state index in [1.54, 1.807) is 44.2 Å². The van der Waals surface area contributed by atoms with Crippen molar-refractivity contribution in [1.29, 1.82) is 0 Å². The van der Waals surface area contributed by atoms with Crippen LogP contribution in [0.25, 0.3) is 0 Å². The molecule has 24 heteroatoms. The summed E-state index contributed by atoms with van der Waals surface area (Å²) in [4.78, 5) is 157. The summed E-state index contributed by atoms with van der Waals surface area (Å²) in [6.45, 7) is 3.74. The average Bonchev–Trinajstić information content (AvgIpc) is 3.35. The number of fused-ring (bicyclic) bond motifs is 2. The molecule has 24 nitrogen and oxygen atoms in total. The highest BCUT2D eigenvalue weighted by Gasteiger charge is 2.41. The van der Waals surface area contributed by atoms with Crippen LogP contribution in [0.5, 0.6) is 0 Å². The first-order chi connectivity index (χ1) is 33.5. The maximum atomic E-state index is 14.4. The van der Waals surface area contributed by atoms with E-state index in [0.717, 1.165) is 14.7 Å². The van der Waals surface area contributed by atoms with Crippen molar-refractivity contribution in [2.24, 2.45) is 5.92 Å². The molecular weight excluding hydrogens is 925 g/mol. The fraction of sp³-hybridized carbons (Fsp3) is 0.638. The Balaban J connectivity index is 1.61. The number of nitrogens with one attached hydrogen (secondary N) is 5. The molecule has 0 unspecified atom stereocenters.